The zero-order valence-electron chi connectivity index (χ0n) is 18.1. The summed E-state index contributed by atoms with van der Waals surface area (Å²) in [6, 6.07) is 5.14. The second-order valence-electron chi connectivity index (χ2n) is 8.31. The first-order chi connectivity index (χ1) is 13.2. The molecule has 0 aliphatic rings. The predicted molar refractivity (Wildman–Crippen MR) is 115 cm³/mol. The van der Waals surface area contributed by atoms with E-state index >= 15 is 0 Å². The highest BCUT2D eigenvalue weighted by Crippen LogP contribution is 2.28. The molecule has 1 rings (SSSR count). The van der Waals surface area contributed by atoms with Crippen LogP contribution < -0.4 is 11.1 Å². The van der Waals surface area contributed by atoms with Crippen molar-refractivity contribution in [2.45, 2.75) is 66.2 Å². The van der Waals surface area contributed by atoms with E-state index in [1.54, 1.807) is 59.7 Å². The van der Waals surface area contributed by atoms with Gasteiger partial charge in [0.15, 0.2) is 5.96 Å². The van der Waals surface area contributed by atoms with Crippen molar-refractivity contribution >= 4 is 35.4 Å². The average Bonchev–Trinajstić information content (AvgIpc) is 2.52. The van der Waals surface area contributed by atoms with Gasteiger partial charge in [0.05, 0.1) is 17.3 Å². The van der Waals surface area contributed by atoms with Crippen LogP contribution in [0.25, 0.3) is 0 Å². The summed E-state index contributed by atoms with van der Waals surface area (Å²) in [5.41, 5.74) is 5.25. The van der Waals surface area contributed by atoms with Gasteiger partial charge in [-0.05, 0) is 60.1 Å². The number of aliphatic imine (C=N–C) groups is 1. The molecular formula is C20H31ClN4O4. The van der Waals surface area contributed by atoms with Crippen LogP contribution in [0.3, 0.4) is 0 Å². The highest BCUT2D eigenvalue weighted by atomic mass is 35.5. The van der Waals surface area contributed by atoms with Crippen molar-refractivity contribution in [2.75, 3.05) is 11.9 Å². The second-order valence-corrected chi connectivity index (χ2v) is 8.69. The standard InChI is InChI=1S/C20H31ClN4O4/c1-8-23-16(22)24-14-11-9-10-13(15(14)21)12-25(17(26)28-19(2,3)4)18(27)29-20(5,6)7/h9-11H,8,12H2,1-7H3,(H3,22,23,24). The number of imide groups is 1. The van der Waals surface area contributed by atoms with Gasteiger partial charge in [-0.1, -0.05) is 23.7 Å². The first-order valence-electron chi connectivity index (χ1n) is 9.31. The molecule has 0 spiro atoms. The van der Waals surface area contributed by atoms with Gasteiger partial charge in [0, 0.05) is 6.54 Å². The molecular weight excluding hydrogens is 396 g/mol. The zero-order valence-corrected chi connectivity index (χ0v) is 18.9. The number of rotatable bonds is 4. The van der Waals surface area contributed by atoms with Crippen molar-refractivity contribution in [3.8, 4) is 0 Å². The lowest BCUT2D eigenvalue weighted by atomic mass is 10.2. The third-order valence-corrected chi connectivity index (χ3v) is 3.67. The molecule has 1 aromatic carbocycles. The molecule has 1 aromatic rings. The van der Waals surface area contributed by atoms with Gasteiger partial charge in [-0.2, -0.15) is 0 Å². The van der Waals surface area contributed by atoms with Gasteiger partial charge in [-0.15, -0.1) is 0 Å². The normalized spacial score (nSPS) is 12.3. The van der Waals surface area contributed by atoms with Crippen molar-refractivity contribution in [3.63, 3.8) is 0 Å². The molecule has 0 atom stereocenters. The first kappa shape index (κ1) is 24.6. The molecule has 0 aliphatic carbocycles. The lowest BCUT2D eigenvalue weighted by molar-refractivity contribution is -0.000236. The fraction of sp³-hybridized carbons (Fsp3) is 0.550. The fourth-order valence-electron chi connectivity index (χ4n) is 2.15. The van der Waals surface area contributed by atoms with Gasteiger partial charge in [-0.3, -0.25) is 4.99 Å². The summed E-state index contributed by atoms with van der Waals surface area (Å²) in [6.45, 7) is 12.5. The third kappa shape index (κ3) is 8.60. The number of nitrogens with one attached hydrogen (secondary N) is 1. The molecule has 0 fully saturated rings. The summed E-state index contributed by atoms with van der Waals surface area (Å²) in [5.74, 6) is 0.211. The minimum Gasteiger partial charge on any atom is -0.443 e. The minimum atomic E-state index is -0.826. The number of ether oxygens (including phenoxy) is 2. The summed E-state index contributed by atoms with van der Waals surface area (Å²) in [6.07, 6.45) is -1.65. The third-order valence-electron chi connectivity index (χ3n) is 3.23. The van der Waals surface area contributed by atoms with Crippen LogP contribution in [0.5, 0.6) is 0 Å². The van der Waals surface area contributed by atoms with Crippen molar-refractivity contribution in [3.05, 3.63) is 28.8 Å². The van der Waals surface area contributed by atoms with E-state index in [-0.39, 0.29) is 12.5 Å². The van der Waals surface area contributed by atoms with Crippen LogP contribution in [0, 0.1) is 0 Å². The van der Waals surface area contributed by atoms with E-state index in [2.05, 4.69) is 10.3 Å². The van der Waals surface area contributed by atoms with Gasteiger partial charge in [0.2, 0.25) is 0 Å². The Morgan fingerprint density at radius 2 is 1.62 bits per heavy atom. The molecule has 0 saturated heterocycles. The van der Waals surface area contributed by atoms with Crippen molar-refractivity contribution in [2.24, 2.45) is 10.7 Å². The number of carbonyl (C=O) groups is 2. The molecule has 0 radical (unpaired) electrons. The van der Waals surface area contributed by atoms with E-state index in [0.29, 0.717) is 22.8 Å². The van der Waals surface area contributed by atoms with Gasteiger partial charge < -0.3 is 20.5 Å². The molecule has 8 nitrogen and oxygen atoms in total. The number of halogens is 1. The maximum absolute atomic E-state index is 12.7. The Balaban J connectivity index is 3.20. The molecule has 0 unspecified atom stereocenters. The lowest BCUT2D eigenvalue weighted by Crippen LogP contribution is -2.43. The van der Waals surface area contributed by atoms with E-state index in [4.69, 9.17) is 26.8 Å². The van der Waals surface area contributed by atoms with Gasteiger partial charge in [-0.25, -0.2) is 14.5 Å². The van der Waals surface area contributed by atoms with Crippen LogP contribution in [0.4, 0.5) is 15.3 Å². The largest absolute Gasteiger partial charge is 0.443 e. The number of nitrogens with zero attached hydrogens (tertiary/aromatic N) is 2. The Bertz CT molecular complexity index is 739. The van der Waals surface area contributed by atoms with E-state index < -0.39 is 23.4 Å². The molecule has 0 heterocycles. The monoisotopic (exact) mass is 426 g/mol. The van der Waals surface area contributed by atoms with Crippen molar-refractivity contribution in [1.82, 2.24) is 4.90 Å². The van der Waals surface area contributed by atoms with E-state index in [1.807, 2.05) is 6.92 Å². The Hall–Kier alpha value is -2.48. The minimum absolute atomic E-state index is 0.136. The van der Waals surface area contributed by atoms with Crippen LogP contribution in [-0.2, 0) is 16.0 Å². The van der Waals surface area contributed by atoms with Crippen molar-refractivity contribution < 1.29 is 19.1 Å². The zero-order chi connectivity index (χ0) is 22.4. The number of hydrogen-bond donors (Lipinski definition) is 2. The average molecular weight is 427 g/mol. The fourth-order valence-corrected chi connectivity index (χ4v) is 2.39. The molecule has 162 valence electrons. The highest BCUT2D eigenvalue weighted by molar-refractivity contribution is 6.34. The smallest absolute Gasteiger partial charge is 0.420 e. The second kappa shape index (κ2) is 9.82. The molecule has 0 aromatic heterocycles. The Morgan fingerprint density at radius 3 is 2.07 bits per heavy atom. The molecule has 0 saturated carbocycles. The van der Waals surface area contributed by atoms with Crippen LogP contribution in [0.2, 0.25) is 5.02 Å². The molecule has 9 heteroatoms. The first-order valence-corrected chi connectivity index (χ1v) is 9.69. The summed E-state index contributed by atoms with van der Waals surface area (Å²) >= 11 is 6.47. The SMILES string of the molecule is CCN=C(N)Nc1cccc(CN(C(=O)OC(C)(C)C)C(=O)OC(C)(C)C)c1Cl. The molecule has 0 aliphatic heterocycles. The molecule has 0 bridgehead atoms. The number of carbonyl (C=O) groups excluding carboxylic acids is 2. The number of amides is 2. The highest BCUT2D eigenvalue weighted by Gasteiger charge is 2.31. The maximum Gasteiger partial charge on any atom is 0.420 e. The lowest BCUT2D eigenvalue weighted by Gasteiger charge is -2.29. The topological polar surface area (TPSA) is 106 Å². The number of guanidine groups is 1. The Labute approximate surface area is 177 Å². The van der Waals surface area contributed by atoms with Gasteiger partial charge in [0.1, 0.15) is 11.2 Å². The maximum atomic E-state index is 12.7. The van der Waals surface area contributed by atoms with Crippen LogP contribution in [0.15, 0.2) is 23.2 Å². The van der Waals surface area contributed by atoms with Crippen LogP contribution in [-0.4, -0.2) is 40.8 Å². The summed E-state index contributed by atoms with van der Waals surface area (Å²) in [7, 11) is 0. The van der Waals surface area contributed by atoms with Crippen molar-refractivity contribution in [1.29, 1.82) is 0 Å². The Morgan fingerprint density at radius 1 is 1.10 bits per heavy atom. The van der Waals surface area contributed by atoms with E-state index in [9.17, 15) is 9.59 Å². The van der Waals surface area contributed by atoms with E-state index in [1.165, 1.54) is 0 Å². The Kier molecular flexibility index (Phi) is 8.32. The quantitative estimate of drug-likeness (QED) is 0.531. The summed E-state index contributed by atoms with van der Waals surface area (Å²) in [4.78, 5) is 30.2. The van der Waals surface area contributed by atoms with Crippen LogP contribution >= 0.6 is 11.6 Å². The number of benzene rings is 1. The molecule has 2 amide bonds. The molecule has 3 N–H and O–H groups in total. The molecule has 29 heavy (non-hydrogen) atoms. The summed E-state index contributed by atoms with van der Waals surface area (Å²) in [5, 5.41) is 3.21. The predicted octanol–water partition coefficient (Wildman–Crippen LogP) is 4.76. The summed E-state index contributed by atoms with van der Waals surface area (Å²) < 4.78 is 10.7. The van der Waals surface area contributed by atoms with Gasteiger partial charge >= 0.3 is 12.2 Å². The number of nitrogens with two attached hydrogens (primary N) is 1. The van der Waals surface area contributed by atoms with E-state index in [0.717, 1.165) is 4.90 Å². The number of hydrogen-bond acceptors (Lipinski definition) is 5. The number of anilines is 1. The van der Waals surface area contributed by atoms with Crippen LogP contribution in [0.1, 0.15) is 54.0 Å². The van der Waals surface area contributed by atoms with Gasteiger partial charge in [0.25, 0.3) is 0 Å².